The van der Waals surface area contributed by atoms with E-state index in [4.69, 9.17) is 5.73 Å². The van der Waals surface area contributed by atoms with Crippen molar-refractivity contribution in [1.29, 1.82) is 0 Å². The van der Waals surface area contributed by atoms with E-state index in [9.17, 15) is 4.79 Å². The maximum atomic E-state index is 12.1. The van der Waals surface area contributed by atoms with E-state index in [1.165, 1.54) is 0 Å². The first-order valence-corrected chi connectivity index (χ1v) is 6.91. The van der Waals surface area contributed by atoms with Crippen LogP contribution >= 0.6 is 0 Å². The summed E-state index contributed by atoms with van der Waals surface area (Å²) in [6.07, 6.45) is 2.89. The summed E-state index contributed by atoms with van der Waals surface area (Å²) in [5.74, 6) is 0.571. The molecule has 1 amide bonds. The van der Waals surface area contributed by atoms with E-state index >= 15 is 0 Å². The largest absolute Gasteiger partial charge is 0.382 e. The van der Waals surface area contributed by atoms with Gasteiger partial charge in [-0.25, -0.2) is 0 Å². The second kappa shape index (κ2) is 6.06. The molecule has 0 radical (unpaired) electrons. The summed E-state index contributed by atoms with van der Waals surface area (Å²) in [5, 5.41) is 4.04. The van der Waals surface area contributed by atoms with Crippen LogP contribution in [-0.2, 0) is 11.3 Å². The Morgan fingerprint density at radius 3 is 2.63 bits per heavy atom. The Hall–Kier alpha value is -1.56. The van der Waals surface area contributed by atoms with E-state index in [1.54, 1.807) is 16.9 Å². The van der Waals surface area contributed by atoms with Gasteiger partial charge in [-0.3, -0.25) is 14.4 Å². The molecule has 0 aliphatic carbocycles. The van der Waals surface area contributed by atoms with Crippen LogP contribution < -0.4 is 5.73 Å². The van der Waals surface area contributed by atoms with Gasteiger partial charge in [-0.15, -0.1) is 0 Å². The SMILES string of the molecule is CCC(C)N1CCN(C(=O)Cn2ccc(N)n2)CC1. The molecule has 1 fully saturated rings. The number of carbonyl (C=O) groups excluding carboxylic acids is 1. The predicted molar refractivity (Wildman–Crippen MR) is 74.5 cm³/mol. The first kappa shape index (κ1) is 13.9. The minimum atomic E-state index is 0.118. The Kier molecular flexibility index (Phi) is 4.42. The zero-order valence-corrected chi connectivity index (χ0v) is 11.7. The molecule has 0 saturated carbocycles. The van der Waals surface area contributed by atoms with Gasteiger partial charge in [-0.2, -0.15) is 5.10 Å². The molecule has 1 aliphatic rings. The molecule has 1 unspecified atom stereocenters. The van der Waals surface area contributed by atoms with Crippen LogP contribution in [0.5, 0.6) is 0 Å². The Labute approximate surface area is 114 Å². The summed E-state index contributed by atoms with van der Waals surface area (Å²) in [6.45, 7) is 8.25. The molecule has 1 saturated heterocycles. The zero-order chi connectivity index (χ0) is 13.8. The number of nitrogen functional groups attached to an aromatic ring is 1. The first-order chi connectivity index (χ1) is 9.10. The summed E-state index contributed by atoms with van der Waals surface area (Å²) in [7, 11) is 0. The van der Waals surface area contributed by atoms with Crippen LogP contribution in [0.15, 0.2) is 12.3 Å². The van der Waals surface area contributed by atoms with Crippen LogP contribution in [0.1, 0.15) is 20.3 Å². The lowest BCUT2D eigenvalue weighted by atomic mass is 10.2. The van der Waals surface area contributed by atoms with Crippen LogP contribution in [-0.4, -0.2) is 57.7 Å². The number of rotatable bonds is 4. The molecule has 1 aliphatic heterocycles. The maximum Gasteiger partial charge on any atom is 0.244 e. The molecule has 6 heteroatoms. The molecular weight excluding hydrogens is 242 g/mol. The van der Waals surface area contributed by atoms with Crippen molar-refractivity contribution in [1.82, 2.24) is 19.6 Å². The molecule has 1 aromatic rings. The fourth-order valence-corrected chi connectivity index (χ4v) is 2.37. The summed E-state index contributed by atoms with van der Waals surface area (Å²) in [5.41, 5.74) is 5.54. The van der Waals surface area contributed by atoms with Gasteiger partial charge in [0.25, 0.3) is 0 Å². The molecule has 106 valence electrons. The number of amides is 1. The van der Waals surface area contributed by atoms with Crippen molar-refractivity contribution >= 4 is 11.7 Å². The van der Waals surface area contributed by atoms with E-state index in [0.717, 1.165) is 32.6 Å². The molecule has 1 aromatic heterocycles. The third-order valence-corrected chi connectivity index (χ3v) is 3.84. The van der Waals surface area contributed by atoms with Gasteiger partial charge >= 0.3 is 0 Å². The van der Waals surface area contributed by atoms with Crippen LogP contribution in [0.2, 0.25) is 0 Å². The van der Waals surface area contributed by atoms with Gasteiger partial charge in [0.1, 0.15) is 12.4 Å². The third-order valence-electron chi connectivity index (χ3n) is 3.84. The van der Waals surface area contributed by atoms with E-state index < -0.39 is 0 Å². The first-order valence-electron chi connectivity index (χ1n) is 6.91. The topological polar surface area (TPSA) is 67.4 Å². The van der Waals surface area contributed by atoms with Gasteiger partial charge in [0, 0.05) is 38.4 Å². The minimum absolute atomic E-state index is 0.118. The number of carbonyl (C=O) groups is 1. The number of nitrogens with two attached hydrogens (primary N) is 1. The summed E-state index contributed by atoms with van der Waals surface area (Å²) >= 11 is 0. The van der Waals surface area contributed by atoms with Crippen molar-refractivity contribution in [2.75, 3.05) is 31.9 Å². The smallest absolute Gasteiger partial charge is 0.244 e. The molecule has 0 spiro atoms. The van der Waals surface area contributed by atoms with Gasteiger partial charge < -0.3 is 10.6 Å². The van der Waals surface area contributed by atoms with Crippen molar-refractivity contribution < 1.29 is 4.79 Å². The minimum Gasteiger partial charge on any atom is -0.382 e. The van der Waals surface area contributed by atoms with E-state index in [-0.39, 0.29) is 12.5 Å². The molecule has 2 rings (SSSR count). The van der Waals surface area contributed by atoms with Crippen molar-refractivity contribution in [3.63, 3.8) is 0 Å². The molecule has 6 nitrogen and oxygen atoms in total. The van der Waals surface area contributed by atoms with E-state index in [1.807, 2.05) is 4.90 Å². The molecule has 0 aromatic carbocycles. The van der Waals surface area contributed by atoms with E-state index in [0.29, 0.717) is 11.9 Å². The monoisotopic (exact) mass is 265 g/mol. The Morgan fingerprint density at radius 1 is 1.42 bits per heavy atom. The fraction of sp³-hybridized carbons (Fsp3) is 0.692. The lowest BCUT2D eigenvalue weighted by molar-refractivity contribution is -0.134. The molecular formula is C13H23N5O. The van der Waals surface area contributed by atoms with Crippen LogP contribution in [0.25, 0.3) is 0 Å². The molecule has 19 heavy (non-hydrogen) atoms. The number of hydrogen-bond acceptors (Lipinski definition) is 4. The maximum absolute atomic E-state index is 12.1. The van der Waals surface area contributed by atoms with Gasteiger partial charge in [-0.1, -0.05) is 6.92 Å². The third kappa shape index (κ3) is 3.47. The van der Waals surface area contributed by atoms with Crippen LogP contribution in [0, 0.1) is 0 Å². The van der Waals surface area contributed by atoms with Crippen LogP contribution in [0.3, 0.4) is 0 Å². The quantitative estimate of drug-likeness (QED) is 0.856. The second-order valence-electron chi connectivity index (χ2n) is 5.11. The predicted octanol–water partition coefficient (Wildman–Crippen LogP) is 0.408. The number of hydrogen-bond donors (Lipinski definition) is 1. The highest BCUT2D eigenvalue weighted by Gasteiger charge is 2.23. The van der Waals surface area contributed by atoms with Gasteiger partial charge in [-0.05, 0) is 19.4 Å². The van der Waals surface area contributed by atoms with Gasteiger partial charge in [0.2, 0.25) is 5.91 Å². The fourth-order valence-electron chi connectivity index (χ4n) is 2.37. The Bertz CT molecular complexity index is 422. The number of piperazine rings is 1. The second-order valence-corrected chi connectivity index (χ2v) is 5.11. The average Bonchev–Trinajstić information content (AvgIpc) is 2.83. The number of aromatic nitrogens is 2. The lowest BCUT2D eigenvalue weighted by Gasteiger charge is -2.37. The Balaban J connectivity index is 1.82. The van der Waals surface area contributed by atoms with E-state index in [2.05, 4.69) is 23.8 Å². The lowest BCUT2D eigenvalue weighted by Crippen LogP contribution is -2.51. The summed E-state index contributed by atoms with van der Waals surface area (Å²) in [4.78, 5) is 16.5. The molecule has 1 atom stereocenters. The summed E-state index contributed by atoms with van der Waals surface area (Å²) < 4.78 is 1.60. The van der Waals surface area contributed by atoms with Gasteiger partial charge in [0.15, 0.2) is 0 Å². The normalized spacial score (nSPS) is 18.5. The number of nitrogens with zero attached hydrogens (tertiary/aromatic N) is 4. The molecule has 0 bridgehead atoms. The van der Waals surface area contributed by atoms with Crippen molar-refractivity contribution in [3.05, 3.63) is 12.3 Å². The highest BCUT2D eigenvalue weighted by molar-refractivity contribution is 5.76. The van der Waals surface area contributed by atoms with Crippen molar-refractivity contribution in [3.8, 4) is 0 Å². The molecule has 2 heterocycles. The number of anilines is 1. The average molecular weight is 265 g/mol. The van der Waals surface area contributed by atoms with Crippen LogP contribution in [0.4, 0.5) is 5.82 Å². The summed E-state index contributed by atoms with van der Waals surface area (Å²) in [6, 6.07) is 2.30. The molecule has 2 N–H and O–H groups in total. The Morgan fingerprint density at radius 2 is 2.11 bits per heavy atom. The van der Waals surface area contributed by atoms with Crippen molar-refractivity contribution in [2.24, 2.45) is 0 Å². The standard InChI is InChI=1S/C13H23N5O/c1-3-11(2)16-6-8-17(9-7-16)13(19)10-18-5-4-12(14)15-18/h4-5,11H,3,6-10H2,1-2H3,(H2,14,15). The van der Waals surface area contributed by atoms with Gasteiger partial charge in [0.05, 0.1) is 0 Å². The van der Waals surface area contributed by atoms with Crippen molar-refractivity contribution in [2.45, 2.75) is 32.9 Å². The highest BCUT2D eigenvalue weighted by atomic mass is 16.2. The highest BCUT2D eigenvalue weighted by Crippen LogP contribution is 2.09. The zero-order valence-electron chi connectivity index (χ0n) is 11.7.